The number of nitrogens with zero attached hydrogens (tertiary/aromatic N) is 1. The molecule has 0 aliphatic heterocycles. The van der Waals surface area contributed by atoms with Crippen molar-refractivity contribution < 1.29 is 14.3 Å². The van der Waals surface area contributed by atoms with E-state index in [0.717, 1.165) is 6.42 Å². The van der Waals surface area contributed by atoms with Gasteiger partial charge in [-0.1, -0.05) is 6.92 Å². The predicted molar refractivity (Wildman–Crippen MR) is 75.7 cm³/mol. The summed E-state index contributed by atoms with van der Waals surface area (Å²) in [7, 11) is 1.51. The number of nitrogens with one attached hydrogen (secondary N) is 3. The molecule has 0 aliphatic carbocycles. The Morgan fingerprint density at radius 3 is 2.70 bits per heavy atom. The molecule has 1 aromatic rings. The van der Waals surface area contributed by atoms with Crippen LogP contribution in [0, 0.1) is 0 Å². The maximum atomic E-state index is 11.7. The molecular formula is C13H20N4O3. The molecule has 0 bridgehead atoms. The Hall–Kier alpha value is -2.31. The number of aromatic nitrogens is 1. The third kappa shape index (κ3) is 5.13. The number of pyridine rings is 1. The summed E-state index contributed by atoms with van der Waals surface area (Å²) in [5.41, 5.74) is 0.518. The lowest BCUT2D eigenvalue weighted by Gasteiger charge is -2.14. The number of rotatable bonds is 6. The van der Waals surface area contributed by atoms with E-state index in [1.54, 1.807) is 19.1 Å². The van der Waals surface area contributed by atoms with Gasteiger partial charge in [-0.05, 0) is 19.4 Å². The molecule has 1 heterocycles. The summed E-state index contributed by atoms with van der Waals surface area (Å²) in [6.45, 7) is 4.17. The smallest absolute Gasteiger partial charge is 0.319 e. The molecule has 1 rings (SSSR count). The van der Waals surface area contributed by atoms with Crippen LogP contribution in [0.25, 0.3) is 0 Å². The maximum Gasteiger partial charge on any atom is 0.319 e. The van der Waals surface area contributed by atoms with Gasteiger partial charge >= 0.3 is 6.03 Å². The summed E-state index contributed by atoms with van der Waals surface area (Å²) < 4.78 is 4.92. The number of hydrogen-bond donors (Lipinski definition) is 3. The third-order valence-electron chi connectivity index (χ3n) is 2.49. The topological polar surface area (TPSA) is 92.4 Å². The van der Waals surface area contributed by atoms with Gasteiger partial charge in [0.1, 0.15) is 6.04 Å². The zero-order chi connectivity index (χ0) is 15.0. The summed E-state index contributed by atoms with van der Waals surface area (Å²) in [6, 6.07) is 2.23. The average Bonchev–Trinajstić information content (AvgIpc) is 2.45. The zero-order valence-electron chi connectivity index (χ0n) is 11.9. The van der Waals surface area contributed by atoms with Crippen molar-refractivity contribution in [3.05, 3.63) is 18.3 Å². The van der Waals surface area contributed by atoms with Crippen molar-refractivity contribution in [2.75, 3.05) is 19.0 Å². The number of amides is 3. The molecular weight excluding hydrogens is 260 g/mol. The first-order valence-electron chi connectivity index (χ1n) is 6.42. The third-order valence-corrected chi connectivity index (χ3v) is 2.49. The minimum absolute atomic E-state index is 0.213. The van der Waals surface area contributed by atoms with E-state index in [9.17, 15) is 9.59 Å². The van der Waals surface area contributed by atoms with Crippen molar-refractivity contribution in [2.45, 2.75) is 26.3 Å². The average molecular weight is 280 g/mol. The lowest BCUT2D eigenvalue weighted by Crippen LogP contribution is -2.46. The van der Waals surface area contributed by atoms with Crippen LogP contribution in [0.5, 0.6) is 5.88 Å². The van der Waals surface area contributed by atoms with Gasteiger partial charge < -0.3 is 20.7 Å². The zero-order valence-corrected chi connectivity index (χ0v) is 11.9. The quantitative estimate of drug-likeness (QED) is 0.728. The Labute approximate surface area is 118 Å². The first kappa shape index (κ1) is 15.7. The van der Waals surface area contributed by atoms with Gasteiger partial charge in [0.15, 0.2) is 0 Å². The molecule has 0 unspecified atom stereocenters. The molecule has 0 saturated carbocycles. The van der Waals surface area contributed by atoms with E-state index in [1.807, 2.05) is 6.92 Å². The fourth-order valence-corrected chi connectivity index (χ4v) is 1.41. The van der Waals surface area contributed by atoms with Crippen molar-refractivity contribution in [2.24, 2.45) is 0 Å². The van der Waals surface area contributed by atoms with Gasteiger partial charge in [-0.3, -0.25) is 4.79 Å². The second kappa shape index (κ2) is 7.98. The molecule has 0 aliphatic rings. The number of carbonyl (C=O) groups excluding carboxylic acids is 2. The highest BCUT2D eigenvalue weighted by molar-refractivity contribution is 5.93. The van der Waals surface area contributed by atoms with Gasteiger partial charge in [0.2, 0.25) is 11.8 Å². The molecule has 0 saturated heterocycles. The number of hydrogen-bond acceptors (Lipinski definition) is 4. The number of methoxy groups -OCH3 is 1. The van der Waals surface area contributed by atoms with Crippen LogP contribution in [0.4, 0.5) is 10.5 Å². The normalized spacial score (nSPS) is 11.3. The molecule has 0 fully saturated rings. The molecule has 7 heteroatoms. The van der Waals surface area contributed by atoms with Gasteiger partial charge in [0, 0.05) is 12.6 Å². The highest BCUT2D eigenvalue weighted by atomic mass is 16.5. The number of ether oxygens (including phenoxy) is 1. The Bertz CT molecular complexity index is 447. The Morgan fingerprint density at radius 1 is 1.40 bits per heavy atom. The fraction of sp³-hybridized carbons (Fsp3) is 0.462. The van der Waals surface area contributed by atoms with Crippen LogP contribution in [0.3, 0.4) is 0 Å². The predicted octanol–water partition coefficient (Wildman–Crippen LogP) is 1.13. The van der Waals surface area contributed by atoms with Crippen LogP contribution in [0.1, 0.15) is 20.3 Å². The molecule has 3 N–H and O–H groups in total. The lowest BCUT2D eigenvalue weighted by atomic mass is 10.3. The molecule has 1 atom stereocenters. The SMILES string of the molecule is CCCNC(=O)[C@H](C)NC(=O)Nc1ccc(OC)nc1. The highest BCUT2D eigenvalue weighted by Gasteiger charge is 2.14. The lowest BCUT2D eigenvalue weighted by molar-refractivity contribution is -0.122. The molecule has 0 aromatic carbocycles. The minimum atomic E-state index is -0.604. The molecule has 1 aromatic heterocycles. The van der Waals surface area contributed by atoms with Crippen LogP contribution in [-0.4, -0.2) is 36.6 Å². The Morgan fingerprint density at radius 2 is 2.15 bits per heavy atom. The summed E-state index contributed by atoms with van der Waals surface area (Å²) >= 11 is 0. The highest BCUT2D eigenvalue weighted by Crippen LogP contribution is 2.10. The van der Waals surface area contributed by atoms with E-state index < -0.39 is 12.1 Å². The van der Waals surface area contributed by atoms with Crippen LogP contribution < -0.4 is 20.7 Å². The van der Waals surface area contributed by atoms with Crippen LogP contribution in [0.2, 0.25) is 0 Å². The van der Waals surface area contributed by atoms with E-state index in [1.165, 1.54) is 13.3 Å². The van der Waals surface area contributed by atoms with Crippen molar-refractivity contribution in [3.63, 3.8) is 0 Å². The van der Waals surface area contributed by atoms with Gasteiger partial charge in [-0.2, -0.15) is 0 Å². The van der Waals surface area contributed by atoms with E-state index in [2.05, 4.69) is 20.9 Å². The van der Waals surface area contributed by atoms with Crippen LogP contribution >= 0.6 is 0 Å². The van der Waals surface area contributed by atoms with E-state index in [0.29, 0.717) is 18.1 Å². The van der Waals surface area contributed by atoms with Crippen molar-refractivity contribution in [1.29, 1.82) is 0 Å². The maximum absolute atomic E-state index is 11.7. The Balaban J connectivity index is 2.44. The van der Waals surface area contributed by atoms with Gasteiger partial charge in [-0.15, -0.1) is 0 Å². The van der Waals surface area contributed by atoms with Gasteiger partial charge in [0.25, 0.3) is 0 Å². The van der Waals surface area contributed by atoms with Crippen LogP contribution in [-0.2, 0) is 4.79 Å². The van der Waals surface area contributed by atoms with E-state index in [4.69, 9.17) is 4.74 Å². The number of anilines is 1. The minimum Gasteiger partial charge on any atom is -0.481 e. The monoisotopic (exact) mass is 280 g/mol. The summed E-state index contributed by atoms with van der Waals surface area (Å²) in [5, 5.41) is 7.84. The number of urea groups is 1. The largest absolute Gasteiger partial charge is 0.481 e. The van der Waals surface area contributed by atoms with Crippen molar-refractivity contribution >= 4 is 17.6 Å². The van der Waals surface area contributed by atoms with Crippen molar-refractivity contribution in [3.8, 4) is 5.88 Å². The van der Waals surface area contributed by atoms with E-state index >= 15 is 0 Å². The second-order valence-electron chi connectivity index (χ2n) is 4.20. The summed E-state index contributed by atoms with van der Waals surface area (Å²) in [4.78, 5) is 27.2. The molecule has 20 heavy (non-hydrogen) atoms. The second-order valence-corrected chi connectivity index (χ2v) is 4.20. The fourth-order valence-electron chi connectivity index (χ4n) is 1.41. The van der Waals surface area contributed by atoms with Gasteiger partial charge in [-0.25, -0.2) is 9.78 Å². The first-order valence-corrected chi connectivity index (χ1v) is 6.42. The van der Waals surface area contributed by atoms with E-state index in [-0.39, 0.29) is 5.91 Å². The molecule has 3 amide bonds. The molecule has 0 radical (unpaired) electrons. The summed E-state index contributed by atoms with van der Waals surface area (Å²) in [6.07, 6.45) is 2.32. The summed E-state index contributed by atoms with van der Waals surface area (Å²) in [5.74, 6) is 0.248. The molecule has 0 spiro atoms. The first-order chi connectivity index (χ1) is 9.56. The Kier molecular flexibility index (Phi) is 6.28. The molecule has 7 nitrogen and oxygen atoms in total. The standard InChI is InChI=1S/C13H20N4O3/c1-4-7-14-12(18)9(2)16-13(19)17-10-5-6-11(20-3)15-8-10/h5-6,8-9H,4,7H2,1-3H3,(H,14,18)(H2,16,17,19)/t9-/m0/s1. The van der Waals surface area contributed by atoms with Crippen molar-refractivity contribution in [1.82, 2.24) is 15.6 Å². The number of carbonyl (C=O) groups is 2. The van der Waals surface area contributed by atoms with Crippen LogP contribution in [0.15, 0.2) is 18.3 Å². The van der Waals surface area contributed by atoms with Gasteiger partial charge in [0.05, 0.1) is 19.0 Å². The molecule has 110 valence electrons.